The fraction of sp³-hybridized carbons (Fsp3) is 0.167. The van der Waals surface area contributed by atoms with Crippen molar-refractivity contribution < 1.29 is 14.3 Å². The van der Waals surface area contributed by atoms with Crippen molar-refractivity contribution in [2.45, 2.75) is 6.92 Å². The van der Waals surface area contributed by atoms with Gasteiger partial charge in [0, 0.05) is 22.0 Å². The van der Waals surface area contributed by atoms with E-state index in [0.29, 0.717) is 17.1 Å². The number of aryl methyl sites for hydroxylation is 1. The molecule has 1 aromatic heterocycles. The summed E-state index contributed by atoms with van der Waals surface area (Å²) in [6, 6.07) is 11.6. The molecule has 4 nitrogen and oxygen atoms in total. The number of aromatic nitrogens is 1. The zero-order chi connectivity index (χ0) is 15.7. The van der Waals surface area contributed by atoms with Crippen LogP contribution in [-0.2, 0) is 0 Å². The fourth-order valence-corrected chi connectivity index (χ4v) is 2.67. The van der Waals surface area contributed by atoms with E-state index in [4.69, 9.17) is 9.47 Å². The number of hydrogen-bond acceptors (Lipinski definition) is 3. The van der Waals surface area contributed by atoms with E-state index >= 15 is 0 Å². The summed E-state index contributed by atoms with van der Waals surface area (Å²) < 4.78 is 10.6. The summed E-state index contributed by atoms with van der Waals surface area (Å²) in [4.78, 5) is 14.9. The molecular formula is C18H17NO3. The first-order chi connectivity index (χ1) is 10.7. The van der Waals surface area contributed by atoms with Crippen molar-refractivity contribution in [3.63, 3.8) is 0 Å². The van der Waals surface area contributed by atoms with E-state index in [9.17, 15) is 4.79 Å². The maximum atomic E-state index is 11.6. The molecule has 1 N–H and O–H groups in total. The zero-order valence-corrected chi connectivity index (χ0v) is 12.8. The predicted octanol–water partition coefficient (Wildman–Crippen LogP) is 3.97. The van der Waals surface area contributed by atoms with E-state index in [2.05, 4.69) is 4.98 Å². The van der Waals surface area contributed by atoms with Gasteiger partial charge < -0.3 is 14.5 Å². The lowest BCUT2D eigenvalue weighted by molar-refractivity contribution is 0.112. The standard InChI is InChI=1S/C18H17NO3/c1-11-4-6-15-13(8-11)14(10-20)18(19-15)12-5-7-16(21-2)17(9-12)22-3/h4-10,19H,1-3H3. The third-order valence-electron chi connectivity index (χ3n) is 3.78. The highest BCUT2D eigenvalue weighted by Gasteiger charge is 2.14. The molecule has 2 aromatic carbocycles. The number of fused-ring (bicyclic) bond motifs is 1. The number of carbonyl (C=O) groups is 1. The van der Waals surface area contributed by atoms with E-state index in [-0.39, 0.29) is 0 Å². The summed E-state index contributed by atoms with van der Waals surface area (Å²) >= 11 is 0. The molecule has 0 saturated carbocycles. The maximum absolute atomic E-state index is 11.6. The van der Waals surface area contributed by atoms with E-state index in [1.54, 1.807) is 14.2 Å². The van der Waals surface area contributed by atoms with Gasteiger partial charge in [-0.2, -0.15) is 0 Å². The molecule has 0 spiro atoms. The van der Waals surface area contributed by atoms with E-state index in [1.807, 2.05) is 43.3 Å². The number of methoxy groups -OCH3 is 2. The molecule has 1 heterocycles. The van der Waals surface area contributed by atoms with Crippen LogP contribution in [0.3, 0.4) is 0 Å². The molecule has 3 rings (SSSR count). The van der Waals surface area contributed by atoms with Gasteiger partial charge in [-0.1, -0.05) is 11.6 Å². The van der Waals surface area contributed by atoms with Crippen LogP contribution in [0.15, 0.2) is 36.4 Å². The molecule has 0 aliphatic heterocycles. The van der Waals surface area contributed by atoms with Crippen molar-refractivity contribution >= 4 is 17.2 Å². The first-order valence-electron chi connectivity index (χ1n) is 6.98. The number of ether oxygens (including phenoxy) is 2. The number of H-pyrrole nitrogens is 1. The van der Waals surface area contributed by atoms with Crippen molar-refractivity contribution in [3.8, 4) is 22.8 Å². The Balaban J connectivity index is 2.23. The molecule has 0 saturated heterocycles. The number of carbonyl (C=O) groups excluding carboxylic acids is 1. The number of hydrogen-bond donors (Lipinski definition) is 1. The number of aromatic amines is 1. The molecule has 0 unspecified atom stereocenters. The average Bonchev–Trinajstić information content (AvgIpc) is 2.91. The summed E-state index contributed by atoms with van der Waals surface area (Å²) in [6.45, 7) is 2.01. The Morgan fingerprint density at radius 2 is 1.77 bits per heavy atom. The van der Waals surface area contributed by atoms with Crippen LogP contribution in [-0.4, -0.2) is 25.5 Å². The van der Waals surface area contributed by atoms with Gasteiger partial charge in [0.2, 0.25) is 0 Å². The number of rotatable bonds is 4. The van der Waals surface area contributed by atoms with Crippen molar-refractivity contribution in [2.75, 3.05) is 14.2 Å². The number of benzene rings is 2. The molecule has 0 amide bonds. The second-order valence-corrected chi connectivity index (χ2v) is 5.15. The molecule has 0 fully saturated rings. The zero-order valence-electron chi connectivity index (χ0n) is 12.8. The summed E-state index contributed by atoms with van der Waals surface area (Å²) in [5.41, 5.74) is 4.39. The number of aldehydes is 1. The van der Waals surface area contributed by atoms with Crippen molar-refractivity contribution in [1.29, 1.82) is 0 Å². The molecule has 3 aromatic rings. The Morgan fingerprint density at radius 1 is 1.00 bits per heavy atom. The molecule has 0 atom stereocenters. The molecule has 0 bridgehead atoms. The minimum Gasteiger partial charge on any atom is -0.493 e. The Labute approximate surface area is 128 Å². The molecule has 22 heavy (non-hydrogen) atoms. The Hall–Kier alpha value is -2.75. The smallest absolute Gasteiger partial charge is 0.161 e. The van der Waals surface area contributed by atoms with Gasteiger partial charge in [0.1, 0.15) is 0 Å². The summed E-state index contributed by atoms with van der Waals surface area (Å²) in [5.74, 6) is 1.29. The van der Waals surface area contributed by atoms with Gasteiger partial charge in [-0.05, 0) is 37.3 Å². The van der Waals surface area contributed by atoms with Crippen LogP contribution in [0.2, 0.25) is 0 Å². The quantitative estimate of drug-likeness (QED) is 0.741. The first-order valence-corrected chi connectivity index (χ1v) is 6.98. The van der Waals surface area contributed by atoms with Gasteiger partial charge in [-0.15, -0.1) is 0 Å². The molecule has 4 heteroatoms. The summed E-state index contributed by atoms with van der Waals surface area (Å²) in [7, 11) is 3.19. The summed E-state index contributed by atoms with van der Waals surface area (Å²) in [6.07, 6.45) is 0.893. The van der Waals surface area contributed by atoms with Gasteiger partial charge in [-0.3, -0.25) is 4.79 Å². The monoisotopic (exact) mass is 295 g/mol. The van der Waals surface area contributed by atoms with E-state index in [1.165, 1.54) is 0 Å². The van der Waals surface area contributed by atoms with Crippen molar-refractivity contribution in [1.82, 2.24) is 4.98 Å². The largest absolute Gasteiger partial charge is 0.493 e. The van der Waals surface area contributed by atoms with Crippen LogP contribution in [0.25, 0.3) is 22.2 Å². The molecule has 0 radical (unpaired) electrons. The molecule has 112 valence electrons. The average molecular weight is 295 g/mol. The Kier molecular flexibility index (Phi) is 3.59. The summed E-state index contributed by atoms with van der Waals surface area (Å²) in [5, 5.41) is 0.930. The molecule has 0 aliphatic rings. The minimum absolute atomic E-state index is 0.631. The van der Waals surface area contributed by atoms with Crippen LogP contribution in [0, 0.1) is 6.92 Å². The fourth-order valence-electron chi connectivity index (χ4n) is 2.67. The number of nitrogens with one attached hydrogen (secondary N) is 1. The van der Waals surface area contributed by atoms with Crippen LogP contribution >= 0.6 is 0 Å². The van der Waals surface area contributed by atoms with Crippen molar-refractivity contribution in [3.05, 3.63) is 47.5 Å². The highest BCUT2D eigenvalue weighted by atomic mass is 16.5. The normalized spacial score (nSPS) is 10.7. The predicted molar refractivity (Wildman–Crippen MR) is 87.0 cm³/mol. The van der Waals surface area contributed by atoms with Crippen LogP contribution in [0.4, 0.5) is 0 Å². The SMILES string of the molecule is COc1ccc(-c2[nH]c3ccc(C)cc3c2C=O)cc1OC. The topological polar surface area (TPSA) is 51.3 Å². The third-order valence-corrected chi connectivity index (χ3v) is 3.78. The third kappa shape index (κ3) is 2.22. The van der Waals surface area contributed by atoms with Crippen LogP contribution in [0.1, 0.15) is 15.9 Å². The first kappa shape index (κ1) is 14.2. The van der Waals surface area contributed by atoms with Gasteiger partial charge in [0.15, 0.2) is 17.8 Å². The van der Waals surface area contributed by atoms with Crippen LogP contribution in [0.5, 0.6) is 11.5 Å². The van der Waals surface area contributed by atoms with Gasteiger partial charge in [0.05, 0.1) is 19.9 Å². The second-order valence-electron chi connectivity index (χ2n) is 5.15. The van der Waals surface area contributed by atoms with E-state index in [0.717, 1.165) is 34.0 Å². The Morgan fingerprint density at radius 3 is 2.45 bits per heavy atom. The lowest BCUT2D eigenvalue weighted by Gasteiger charge is -2.09. The highest BCUT2D eigenvalue weighted by Crippen LogP contribution is 2.35. The van der Waals surface area contributed by atoms with Crippen molar-refractivity contribution in [2.24, 2.45) is 0 Å². The van der Waals surface area contributed by atoms with Gasteiger partial charge in [0.25, 0.3) is 0 Å². The lowest BCUT2D eigenvalue weighted by Crippen LogP contribution is -1.92. The maximum Gasteiger partial charge on any atom is 0.161 e. The minimum atomic E-state index is 0.631. The lowest BCUT2D eigenvalue weighted by atomic mass is 10.0. The van der Waals surface area contributed by atoms with E-state index < -0.39 is 0 Å². The van der Waals surface area contributed by atoms with Gasteiger partial charge >= 0.3 is 0 Å². The Bertz CT molecular complexity index is 849. The second kappa shape index (κ2) is 5.56. The highest BCUT2D eigenvalue weighted by molar-refractivity contribution is 6.04. The van der Waals surface area contributed by atoms with Gasteiger partial charge in [-0.25, -0.2) is 0 Å². The van der Waals surface area contributed by atoms with Crippen LogP contribution < -0.4 is 9.47 Å². The molecule has 0 aliphatic carbocycles. The molecular weight excluding hydrogens is 278 g/mol.